The Morgan fingerprint density at radius 2 is 2.31 bits per heavy atom. The predicted molar refractivity (Wildman–Crippen MR) is 57.9 cm³/mol. The van der Waals surface area contributed by atoms with E-state index in [0.29, 0.717) is 25.2 Å². The molecule has 2 heterocycles. The van der Waals surface area contributed by atoms with Gasteiger partial charge in [0.15, 0.2) is 0 Å². The lowest BCUT2D eigenvalue weighted by Gasteiger charge is -2.29. The van der Waals surface area contributed by atoms with Gasteiger partial charge in [-0.15, -0.1) is 0 Å². The number of aromatic nitrogens is 2. The highest BCUT2D eigenvalue weighted by molar-refractivity contribution is 5.93. The average molecular weight is 221 g/mol. The second-order valence-corrected chi connectivity index (χ2v) is 4.29. The number of carbonyl (C=O) groups excluding carboxylic acids is 2. The number of ketones is 1. The van der Waals surface area contributed by atoms with Crippen LogP contribution in [0.2, 0.25) is 0 Å². The molecule has 0 radical (unpaired) electrons. The van der Waals surface area contributed by atoms with E-state index in [1.807, 2.05) is 14.0 Å². The molecule has 1 aliphatic rings. The molecule has 1 saturated heterocycles. The van der Waals surface area contributed by atoms with Crippen molar-refractivity contribution in [3.8, 4) is 0 Å². The number of amides is 1. The fraction of sp³-hybridized carbons (Fsp3) is 0.545. The molecule has 0 aliphatic carbocycles. The summed E-state index contributed by atoms with van der Waals surface area (Å²) in [6.07, 6.45) is 3.76. The van der Waals surface area contributed by atoms with E-state index < -0.39 is 0 Å². The molecule has 0 N–H and O–H groups in total. The first-order valence-electron chi connectivity index (χ1n) is 5.38. The summed E-state index contributed by atoms with van der Waals surface area (Å²) < 4.78 is 1.74. The number of likely N-dealkylation sites (tertiary alicyclic amines) is 1. The van der Waals surface area contributed by atoms with Crippen LogP contribution in [-0.4, -0.2) is 39.2 Å². The number of rotatable bonds is 1. The van der Waals surface area contributed by atoms with Crippen LogP contribution in [0.5, 0.6) is 0 Å². The maximum absolute atomic E-state index is 12.0. The molecule has 5 heteroatoms. The van der Waals surface area contributed by atoms with Gasteiger partial charge in [-0.2, -0.15) is 0 Å². The second kappa shape index (κ2) is 4.08. The van der Waals surface area contributed by atoms with Crippen molar-refractivity contribution in [3.05, 3.63) is 18.2 Å². The maximum atomic E-state index is 12.0. The Hall–Kier alpha value is -1.65. The number of hydrogen-bond acceptors (Lipinski definition) is 3. The Morgan fingerprint density at radius 1 is 1.56 bits per heavy atom. The molecule has 1 amide bonds. The van der Waals surface area contributed by atoms with Crippen LogP contribution in [0.1, 0.15) is 23.8 Å². The van der Waals surface area contributed by atoms with Gasteiger partial charge in [-0.25, -0.2) is 4.98 Å². The Bertz CT molecular complexity index is 425. The van der Waals surface area contributed by atoms with E-state index >= 15 is 0 Å². The van der Waals surface area contributed by atoms with Crippen molar-refractivity contribution in [3.63, 3.8) is 0 Å². The van der Waals surface area contributed by atoms with Crippen molar-refractivity contribution in [1.82, 2.24) is 14.5 Å². The fourth-order valence-corrected chi connectivity index (χ4v) is 1.88. The summed E-state index contributed by atoms with van der Waals surface area (Å²) in [5, 5.41) is 0. The molecule has 5 nitrogen and oxygen atoms in total. The average Bonchev–Trinajstić information content (AvgIpc) is 2.68. The standard InChI is InChI=1S/C11H15N3O2/c1-8-5-14(4-3-10(8)15)11(16)9-6-13(2)7-12-9/h6-8H,3-5H2,1-2H3. The third kappa shape index (κ3) is 1.98. The highest BCUT2D eigenvalue weighted by atomic mass is 16.2. The Morgan fingerprint density at radius 3 is 2.88 bits per heavy atom. The van der Waals surface area contributed by atoms with E-state index in [2.05, 4.69) is 4.98 Å². The molecule has 2 rings (SSSR count). The minimum Gasteiger partial charge on any atom is -0.340 e. The van der Waals surface area contributed by atoms with Gasteiger partial charge in [0, 0.05) is 38.7 Å². The maximum Gasteiger partial charge on any atom is 0.274 e. The third-order valence-electron chi connectivity index (χ3n) is 2.88. The summed E-state index contributed by atoms with van der Waals surface area (Å²) in [6.45, 7) is 2.88. The van der Waals surface area contributed by atoms with Crippen molar-refractivity contribution in [2.24, 2.45) is 13.0 Å². The molecule has 0 spiro atoms. The van der Waals surface area contributed by atoms with Crippen molar-refractivity contribution in [1.29, 1.82) is 0 Å². The van der Waals surface area contributed by atoms with Gasteiger partial charge in [0.25, 0.3) is 5.91 Å². The van der Waals surface area contributed by atoms with Gasteiger partial charge >= 0.3 is 0 Å². The SMILES string of the molecule is CC1CN(C(=O)c2cn(C)cn2)CCC1=O. The van der Waals surface area contributed by atoms with E-state index in [4.69, 9.17) is 0 Å². The topological polar surface area (TPSA) is 55.2 Å². The first kappa shape index (κ1) is 10.9. The van der Waals surface area contributed by atoms with Crippen LogP contribution in [0, 0.1) is 5.92 Å². The van der Waals surface area contributed by atoms with Crippen molar-refractivity contribution in [2.45, 2.75) is 13.3 Å². The first-order chi connectivity index (χ1) is 7.58. The van der Waals surface area contributed by atoms with E-state index in [9.17, 15) is 9.59 Å². The summed E-state index contributed by atoms with van der Waals surface area (Å²) in [7, 11) is 1.83. The first-order valence-corrected chi connectivity index (χ1v) is 5.38. The molecule has 0 aromatic carbocycles. The van der Waals surface area contributed by atoms with E-state index in [1.54, 1.807) is 22.0 Å². The molecule has 0 saturated carbocycles. The largest absolute Gasteiger partial charge is 0.340 e. The van der Waals surface area contributed by atoms with Gasteiger partial charge in [-0.05, 0) is 0 Å². The third-order valence-corrected chi connectivity index (χ3v) is 2.88. The van der Waals surface area contributed by atoms with Crippen molar-refractivity contribution in [2.75, 3.05) is 13.1 Å². The number of hydrogen-bond donors (Lipinski definition) is 0. The zero-order valence-corrected chi connectivity index (χ0v) is 9.51. The highest BCUT2D eigenvalue weighted by Crippen LogP contribution is 2.14. The minimum absolute atomic E-state index is 0.0542. The molecule has 1 aliphatic heterocycles. The number of aryl methyl sites for hydroxylation is 1. The molecular formula is C11H15N3O2. The minimum atomic E-state index is -0.0834. The van der Waals surface area contributed by atoms with Gasteiger partial charge in [0.05, 0.1) is 6.33 Å². The summed E-state index contributed by atoms with van der Waals surface area (Å²) >= 11 is 0. The van der Waals surface area contributed by atoms with Crippen LogP contribution in [-0.2, 0) is 11.8 Å². The van der Waals surface area contributed by atoms with Gasteiger partial charge in [-0.1, -0.05) is 6.92 Å². The van der Waals surface area contributed by atoms with Gasteiger partial charge in [0.1, 0.15) is 11.5 Å². The van der Waals surface area contributed by atoms with Gasteiger partial charge in [-0.3, -0.25) is 9.59 Å². The Kier molecular flexibility index (Phi) is 2.77. The summed E-state index contributed by atoms with van der Waals surface area (Å²) in [5.74, 6) is 0.103. The highest BCUT2D eigenvalue weighted by Gasteiger charge is 2.27. The lowest BCUT2D eigenvalue weighted by molar-refractivity contribution is -0.124. The lowest BCUT2D eigenvalue weighted by Crippen LogP contribution is -2.43. The lowest BCUT2D eigenvalue weighted by atomic mass is 9.98. The number of nitrogens with zero attached hydrogens (tertiary/aromatic N) is 3. The normalized spacial score (nSPS) is 21.2. The molecular weight excluding hydrogens is 206 g/mol. The molecule has 1 unspecified atom stereocenters. The summed E-state index contributed by atoms with van der Waals surface area (Å²) in [6, 6.07) is 0. The van der Waals surface area contributed by atoms with Crippen LogP contribution < -0.4 is 0 Å². The molecule has 1 aromatic heterocycles. The Labute approximate surface area is 94.1 Å². The molecule has 1 fully saturated rings. The molecule has 1 atom stereocenters. The van der Waals surface area contributed by atoms with Crippen LogP contribution in [0.15, 0.2) is 12.5 Å². The predicted octanol–water partition coefficient (Wildman–Crippen LogP) is 0.471. The molecule has 1 aromatic rings. The number of carbonyl (C=O) groups is 2. The summed E-state index contributed by atoms with van der Waals surface area (Å²) in [4.78, 5) is 29.1. The zero-order chi connectivity index (χ0) is 11.7. The van der Waals surface area contributed by atoms with Gasteiger partial charge in [0.2, 0.25) is 0 Å². The number of piperidine rings is 1. The number of imidazole rings is 1. The monoisotopic (exact) mass is 221 g/mol. The molecule has 86 valence electrons. The second-order valence-electron chi connectivity index (χ2n) is 4.29. The Balaban J connectivity index is 2.08. The zero-order valence-electron chi connectivity index (χ0n) is 9.51. The van der Waals surface area contributed by atoms with Gasteiger partial charge < -0.3 is 9.47 Å². The van der Waals surface area contributed by atoms with E-state index in [0.717, 1.165) is 0 Å². The van der Waals surface area contributed by atoms with Crippen LogP contribution in [0.25, 0.3) is 0 Å². The quantitative estimate of drug-likeness (QED) is 0.692. The summed E-state index contributed by atoms with van der Waals surface area (Å²) in [5.41, 5.74) is 0.448. The van der Waals surface area contributed by atoms with Crippen molar-refractivity contribution >= 4 is 11.7 Å². The van der Waals surface area contributed by atoms with Crippen LogP contribution in [0.4, 0.5) is 0 Å². The van der Waals surface area contributed by atoms with Crippen LogP contribution >= 0.6 is 0 Å². The smallest absolute Gasteiger partial charge is 0.274 e. The van der Waals surface area contributed by atoms with Crippen LogP contribution in [0.3, 0.4) is 0 Å². The fourth-order valence-electron chi connectivity index (χ4n) is 1.88. The molecule has 16 heavy (non-hydrogen) atoms. The molecule has 0 bridgehead atoms. The number of Topliss-reactive ketones (excluding diaryl/α,β-unsaturated/α-hetero) is 1. The van der Waals surface area contributed by atoms with Crippen molar-refractivity contribution < 1.29 is 9.59 Å². The van der Waals surface area contributed by atoms with E-state index in [-0.39, 0.29) is 17.6 Å². The van der Waals surface area contributed by atoms with E-state index in [1.165, 1.54) is 0 Å².